The number of hydrogen-bond donors (Lipinski definition) is 1. The predicted octanol–water partition coefficient (Wildman–Crippen LogP) is 3.54. The maximum absolute atomic E-state index is 4.55. The van der Waals surface area contributed by atoms with E-state index in [1.807, 2.05) is 6.92 Å². The highest BCUT2D eigenvalue weighted by molar-refractivity contribution is 9.10. The Balaban J connectivity index is 2.89. The first-order chi connectivity index (χ1) is 8.45. The van der Waals surface area contributed by atoms with Crippen LogP contribution in [0.15, 0.2) is 10.7 Å². The highest BCUT2D eigenvalue weighted by Crippen LogP contribution is 2.26. The molecule has 1 rings (SSSR count). The molecule has 0 saturated carbocycles. The maximum Gasteiger partial charge on any atom is 0.224 e. The third kappa shape index (κ3) is 4.12. The highest BCUT2D eigenvalue weighted by Gasteiger charge is 2.16. The lowest BCUT2D eigenvalue weighted by atomic mass is 10.0. The van der Waals surface area contributed by atoms with Crippen molar-refractivity contribution < 1.29 is 0 Å². The molecule has 0 bridgehead atoms. The molecule has 5 heteroatoms. The predicted molar refractivity (Wildman–Crippen MR) is 81.2 cm³/mol. The van der Waals surface area contributed by atoms with Gasteiger partial charge in [-0.15, -0.1) is 0 Å². The summed E-state index contributed by atoms with van der Waals surface area (Å²) in [5, 5.41) is 3.14. The lowest BCUT2D eigenvalue weighted by Gasteiger charge is -2.28. The maximum atomic E-state index is 4.55. The SMILES string of the molecule is CCNc1ncc(Br)c(N(C)C(C)CC(C)C)n1. The van der Waals surface area contributed by atoms with Crippen LogP contribution in [0.4, 0.5) is 11.8 Å². The Morgan fingerprint density at radius 1 is 1.39 bits per heavy atom. The van der Waals surface area contributed by atoms with E-state index in [1.54, 1.807) is 6.20 Å². The van der Waals surface area contributed by atoms with Crippen molar-refractivity contribution in [1.82, 2.24) is 9.97 Å². The second-order valence-electron chi connectivity index (χ2n) is 4.98. The molecule has 0 aliphatic heterocycles. The molecule has 0 spiro atoms. The van der Waals surface area contributed by atoms with Crippen LogP contribution in [0.1, 0.15) is 34.1 Å². The topological polar surface area (TPSA) is 41.1 Å². The number of rotatable bonds is 6. The molecule has 1 N–H and O–H groups in total. The van der Waals surface area contributed by atoms with Crippen molar-refractivity contribution >= 4 is 27.7 Å². The van der Waals surface area contributed by atoms with E-state index in [1.165, 1.54) is 0 Å². The monoisotopic (exact) mass is 314 g/mol. The summed E-state index contributed by atoms with van der Waals surface area (Å²) in [4.78, 5) is 11.0. The molecule has 1 heterocycles. The molecule has 1 aromatic heterocycles. The van der Waals surface area contributed by atoms with Gasteiger partial charge in [0, 0.05) is 25.8 Å². The molecule has 1 aromatic rings. The molecule has 102 valence electrons. The van der Waals surface area contributed by atoms with E-state index < -0.39 is 0 Å². The van der Waals surface area contributed by atoms with Gasteiger partial charge in [0.25, 0.3) is 0 Å². The third-order valence-corrected chi connectivity index (χ3v) is 3.43. The number of nitrogens with zero attached hydrogens (tertiary/aromatic N) is 3. The van der Waals surface area contributed by atoms with E-state index >= 15 is 0 Å². The second kappa shape index (κ2) is 6.92. The Morgan fingerprint density at radius 2 is 2.06 bits per heavy atom. The number of halogens is 1. The Kier molecular flexibility index (Phi) is 5.85. The van der Waals surface area contributed by atoms with Crippen molar-refractivity contribution in [2.24, 2.45) is 5.92 Å². The molecule has 0 aromatic carbocycles. The first kappa shape index (κ1) is 15.2. The number of nitrogens with one attached hydrogen (secondary N) is 1. The van der Waals surface area contributed by atoms with Gasteiger partial charge in [-0.05, 0) is 42.1 Å². The van der Waals surface area contributed by atoms with E-state index in [0.717, 1.165) is 23.3 Å². The van der Waals surface area contributed by atoms with Crippen LogP contribution in [0.25, 0.3) is 0 Å². The number of hydrogen-bond acceptors (Lipinski definition) is 4. The fourth-order valence-electron chi connectivity index (χ4n) is 1.90. The summed E-state index contributed by atoms with van der Waals surface area (Å²) in [6, 6.07) is 0.450. The van der Waals surface area contributed by atoms with Gasteiger partial charge in [0.15, 0.2) is 0 Å². The van der Waals surface area contributed by atoms with Gasteiger partial charge in [0.2, 0.25) is 5.95 Å². The lowest BCUT2D eigenvalue weighted by molar-refractivity contribution is 0.501. The number of aromatic nitrogens is 2. The molecule has 0 radical (unpaired) electrons. The van der Waals surface area contributed by atoms with Crippen LogP contribution in [-0.2, 0) is 0 Å². The molecule has 0 amide bonds. The molecule has 0 saturated heterocycles. The van der Waals surface area contributed by atoms with Crippen LogP contribution < -0.4 is 10.2 Å². The molecule has 4 nitrogen and oxygen atoms in total. The van der Waals surface area contributed by atoms with Crippen molar-refractivity contribution in [3.8, 4) is 0 Å². The summed E-state index contributed by atoms with van der Waals surface area (Å²) < 4.78 is 0.933. The van der Waals surface area contributed by atoms with Gasteiger partial charge in [-0.1, -0.05) is 13.8 Å². The summed E-state index contributed by atoms with van der Waals surface area (Å²) in [6.07, 6.45) is 2.95. The molecule has 1 unspecified atom stereocenters. The minimum atomic E-state index is 0.450. The van der Waals surface area contributed by atoms with Crippen molar-refractivity contribution in [1.29, 1.82) is 0 Å². The lowest BCUT2D eigenvalue weighted by Crippen LogP contribution is -2.31. The summed E-state index contributed by atoms with van der Waals surface area (Å²) in [7, 11) is 2.08. The van der Waals surface area contributed by atoms with E-state index in [2.05, 4.69) is 63.9 Å². The zero-order valence-corrected chi connectivity index (χ0v) is 13.5. The largest absolute Gasteiger partial charge is 0.356 e. The fraction of sp³-hybridized carbons (Fsp3) is 0.692. The van der Waals surface area contributed by atoms with Crippen molar-refractivity contribution in [2.45, 2.75) is 40.2 Å². The van der Waals surface area contributed by atoms with Gasteiger partial charge in [-0.25, -0.2) is 4.98 Å². The van der Waals surface area contributed by atoms with Crippen LogP contribution in [0.5, 0.6) is 0 Å². The van der Waals surface area contributed by atoms with E-state index in [-0.39, 0.29) is 0 Å². The van der Waals surface area contributed by atoms with Gasteiger partial charge in [0.05, 0.1) is 4.47 Å². The Morgan fingerprint density at radius 3 is 2.61 bits per heavy atom. The van der Waals surface area contributed by atoms with E-state index in [4.69, 9.17) is 0 Å². The first-order valence-electron chi connectivity index (χ1n) is 6.44. The minimum Gasteiger partial charge on any atom is -0.356 e. The van der Waals surface area contributed by atoms with Crippen LogP contribution in [0, 0.1) is 5.92 Å². The first-order valence-corrected chi connectivity index (χ1v) is 7.24. The molecule has 0 aliphatic rings. The van der Waals surface area contributed by atoms with Crippen LogP contribution in [-0.4, -0.2) is 29.6 Å². The molecule has 0 aliphatic carbocycles. The quantitative estimate of drug-likeness (QED) is 0.872. The summed E-state index contributed by atoms with van der Waals surface area (Å²) in [5.41, 5.74) is 0. The minimum absolute atomic E-state index is 0.450. The average molecular weight is 315 g/mol. The summed E-state index contributed by atoms with van der Waals surface area (Å²) in [5.74, 6) is 2.30. The van der Waals surface area contributed by atoms with Gasteiger partial charge >= 0.3 is 0 Å². The summed E-state index contributed by atoms with van der Waals surface area (Å²) >= 11 is 3.52. The van der Waals surface area contributed by atoms with Crippen molar-refractivity contribution in [3.05, 3.63) is 10.7 Å². The van der Waals surface area contributed by atoms with Crippen molar-refractivity contribution in [2.75, 3.05) is 23.8 Å². The van der Waals surface area contributed by atoms with E-state index in [9.17, 15) is 0 Å². The smallest absolute Gasteiger partial charge is 0.224 e. The molecular formula is C13H23BrN4. The molecule has 0 fully saturated rings. The van der Waals surface area contributed by atoms with Gasteiger partial charge < -0.3 is 10.2 Å². The van der Waals surface area contributed by atoms with Crippen LogP contribution >= 0.6 is 15.9 Å². The Bertz CT molecular complexity index is 381. The van der Waals surface area contributed by atoms with Crippen molar-refractivity contribution in [3.63, 3.8) is 0 Å². The van der Waals surface area contributed by atoms with Gasteiger partial charge in [-0.3, -0.25) is 0 Å². The normalized spacial score (nSPS) is 12.6. The molecule has 1 atom stereocenters. The third-order valence-electron chi connectivity index (χ3n) is 2.87. The highest BCUT2D eigenvalue weighted by atomic mass is 79.9. The van der Waals surface area contributed by atoms with Gasteiger partial charge in [0.1, 0.15) is 5.82 Å². The Labute approximate surface area is 118 Å². The fourth-order valence-corrected chi connectivity index (χ4v) is 2.37. The summed E-state index contributed by atoms with van der Waals surface area (Å²) in [6.45, 7) is 9.57. The second-order valence-corrected chi connectivity index (χ2v) is 5.84. The zero-order chi connectivity index (χ0) is 13.7. The molecular weight excluding hydrogens is 292 g/mol. The molecule has 18 heavy (non-hydrogen) atoms. The average Bonchev–Trinajstić information content (AvgIpc) is 2.30. The van der Waals surface area contributed by atoms with Crippen LogP contribution in [0.3, 0.4) is 0 Å². The van der Waals surface area contributed by atoms with Gasteiger partial charge in [-0.2, -0.15) is 4.98 Å². The van der Waals surface area contributed by atoms with Crippen LogP contribution in [0.2, 0.25) is 0 Å². The number of anilines is 2. The standard InChI is InChI=1S/C13H23BrN4/c1-6-15-13-16-8-11(14)12(17-13)18(5)10(4)7-9(2)3/h8-10H,6-7H2,1-5H3,(H,15,16,17). The van der Waals surface area contributed by atoms with E-state index in [0.29, 0.717) is 17.9 Å². The zero-order valence-electron chi connectivity index (χ0n) is 11.9. The Hall–Kier alpha value is -0.840.